The molecule has 0 radical (unpaired) electrons. The Morgan fingerprint density at radius 3 is 2.26 bits per heavy atom. The summed E-state index contributed by atoms with van der Waals surface area (Å²) in [5.74, 6) is 0. The van der Waals surface area contributed by atoms with Crippen molar-refractivity contribution >= 4 is 46.1 Å². The predicted octanol–water partition coefficient (Wildman–Crippen LogP) is -0.325. The second-order valence-corrected chi connectivity index (χ2v) is 5.52. The molecule has 1 aliphatic rings. The van der Waals surface area contributed by atoms with E-state index in [0.29, 0.717) is 34.8 Å². The van der Waals surface area contributed by atoms with E-state index in [4.69, 9.17) is 29.2 Å². The monoisotopic (exact) mass is 359 g/mol. The molecule has 0 aromatic heterocycles. The molecule has 0 amide bonds. The van der Waals surface area contributed by atoms with Gasteiger partial charge < -0.3 is 20.7 Å². The molecule has 0 aromatic rings. The average molecular weight is 360 g/mol. The van der Waals surface area contributed by atoms with Crippen molar-refractivity contribution in [2.24, 2.45) is 10.2 Å². The highest BCUT2D eigenvalue weighted by molar-refractivity contribution is 7.80. The summed E-state index contributed by atoms with van der Waals surface area (Å²) in [6.45, 7) is 9.34. The van der Waals surface area contributed by atoms with E-state index in [1.165, 1.54) is 0 Å². The summed E-state index contributed by atoms with van der Waals surface area (Å²) >= 11 is 10.2. The number of hydrazone groups is 2. The SMILES string of the molecule is CCNC(=S)N/N=C(/C(C)=N/NC(=S)NCC)[C@@H]1CNCCO1. The maximum Gasteiger partial charge on any atom is 0.186 e. The molecular formula is C13H25N7OS2. The Morgan fingerprint density at radius 1 is 1.13 bits per heavy atom. The Balaban J connectivity index is 2.80. The van der Waals surface area contributed by atoms with E-state index >= 15 is 0 Å². The molecule has 0 spiro atoms. The molecule has 0 aromatic carbocycles. The average Bonchev–Trinajstić information content (AvgIpc) is 2.54. The van der Waals surface area contributed by atoms with Crippen molar-refractivity contribution in [2.45, 2.75) is 26.9 Å². The minimum absolute atomic E-state index is 0.195. The highest BCUT2D eigenvalue weighted by Gasteiger charge is 2.22. The molecule has 10 heteroatoms. The summed E-state index contributed by atoms with van der Waals surface area (Å²) < 4.78 is 5.75. The van der Waals surface area contributed by atoms with Crippen LogP contribution in [0.25, 0.3) is 0 Å². The van der Waals surface area contributed by atoms with Crippen molar-refractivity contribution in [2.75, 3.05) is 32.8 Å². The lowest BCUT2D eigenvalue weighted by molar-refractivity contribution is 0.0720. The van der Waals surface area contributed by atoms with Crippen LogP contribution < -0.4 is 26.8 Å². The van der Waals surface area contributed by atoms with Gasteiger partial charge in [0.05, 0.1) is 12.3 Å². The van der Waals surface area contributed by atoms with Crippen LogP contribution in [0.1, 0.15) is 20.8 Å². The summed E-state index contributed by atoms with van der Waals surface area (Å²) in [6, 6.07) is 0. The number of rotatable bonds is 6. The fraction of sp³-hybridized carbons (Fsp3) is 0.692. The molecule has 1 aliphatic heterocycles. The Labute approximate surface area is 147 Å². The highest BCUT2D eigenvalue weighted by Crippen LogP contribution is 2.01. The van der Waals surface area contributed by atoms with Gasteiger partial charge in [-0.2, -0.15) is 10.2 Å². The standard InChI is InChI=1S/C13H25N7OS2/c1-4-15-12(22)19-17-9(3)11(10-8-14-6-7-21-10)18-20-13(23)16-5-2/h10,14H,4-8H2,1-3H3,(H2,15,19,22)(H2,16,20,23)/b17-9+,18-11-/t10-/m0/s1. The lowest BCUT2D eigenvalue weighted by Gasteiger charge is -2.25. The van der Waals surface area contributed by atoms with E-state index in [0.717, 1.165) is 19.6 Å². The number of hydrogen-bond acceptors (Lipinski definition) is 6. The van der Waals surface area contributed by atoms with E-state index in [1.807, 2.05) is 20.8 Å². The Hall–Kier alpha value is -1.36. The normalized spacial score (nSPS) is 19.0. The van der Waals surface area contributed by atoms with Crippen LogP contribution in [0.3, 0.4) is 0 Å². The molecule has 8 nitrogen and oxygen atoms in total. The molecule has 1 atom stereocenters. The van der Waals surface area contributed by atoms with Gasteiger partial charge in [-0.05, 0) is 45.2 Å². The van der Waals surface area contributed by atoms with E-state index in [-0.39, 0.29) is 6.10 Å². The summed E-state index contributed by atoms with van der Waals surface area (Å²) in [4.78, 5) is 0. The summed E-state index contributed by atoms with van der Waals surface area (Å²) in [7, 11) is 0. The minimum atomic E-state index is -0.195. The van der Waals surface area contributed by atoms with Crippen molar-refractivity contribution in [3.05, 3.63) is 0 Å². The van der Waals surface area contributed by atoms with Gasteiger partial charge in [-0.1, -0.05) is 0 Å². The van der Waals surface area contributed by atoms with Crippen LogP contribution in [0.2, 0.25) is 0 Å². The van der Waals surface area contributed by atoms with Crippen LogP contribution >= 0.6 is 24.4 Å². The van der Waals surface area contributed by atoms with Gasteiger partial charge in [0, 0.05) is 26.2 Å². The van der Waals surface area contributed by atoms with Gasteiger partial charge in [0.1, 0.15) is 11.8 Å². The lowest BCUT2D eigenvalue weighted by atomic mass is 10.1. The largest absolute Gasteiger partial charge is 0.369 e. The first-order valence-corrected chi connectivity index (χ1v) is 8.42. The zero-order valence-electron chi connectivity index (χ0n) is 13.7. The zero-order valence-corrected chi connectivity index (χ0v) is 15.4. The molecular weight excluding hydrogens is 334 g/mol. The number of morpholine rings is 1. The van der Waals surface area contributed by atoms with Crippen molar-refractivity contribution < 1.29 is 4.74 Å². The zero-order chi connectivity index (χ0) is 17.1. The molecule has 23 heavy (non-hydrogen) atoms. The van der Waals surface area contributed by atoms with Crippen LogP contribution in [0, 0.1) is 0 Å². The van der Waals surface area contributed by atoms with Crippen LogP contribution in [-0.2, 0) is 4.74 Å². The molecule has 1 rings (SSSR count). The molecule has 5 N–H and O–H groups in total. The number of nitrogens with one attached hydrogen (secondary N) is 5. The van der Waals surface area contributed by atoms with Crippen LogP contribution in [-0.4, -0.2) is 60.5 Å². The van der Waals surface area contributed by atoms with Gasteiger partial charge in [0.15, 0.2) is 10.2 Å². The number of nitrogens with zero attached hydrogens (tertiary/aromatic N) is 2. The Bertz CT molecular complexity index is 461. The number of hydrogen-bond donors (Lipinski definition) is 5. The topological polar surface area (TPSA) is 94.1 Å². The Kier molecular flexibility index (Phi) is 9.60. The molecule has 1 heterocycles. The fourth-order valence-corrected chi connectivity index (χ4v) is 2.21. The summed E-state index contributed by atoms with van der Waals surface area (Å²) in [6.07, 6.45) is -0.195. The maximum absolute atomic E-state index is 5.75. The second-order valence-electron chi connectivity index (χ2n) is 4.70. The molecule has 1 fully saturated rings. The molecule has 1 saturated heterocycles. The lowest BCUT2D eigenvalue weighted by Crippen LogP contribution is -2.47. The predicted molar refractivity (Wildman–Crippen MR) is 102 cm³/mol. The molecule has 0 saturated carbocycles. The van der Waals surface area contributed by atoms with Gasteiger partial charge in [-0.25, -0.2) is 0 Å². The first-order valence-electron chi connectivity index (χ1n) is 7.60. The second kappa shape index (κ2) is 11.2. The van der Waals surface area contributed by atoms with Gasteiger partial charge in [0.25, 0.3) is 0 Å². The smallest absolute Gasteiger partial charge is 0.186 e. The van der Waals surface area contributed by atoms with Crippen LogP contribution in [0.5, 0.6) is 0 Å². The first-order chi connectivity index (χ1) is 11.1. The maximum atomic E-state index is 5.75. The van der Waals surface area contributed by atoms with Crippen molar-refractivity contribution in [3.8, 4) is 0 Å². The molecule has 0 aliphatic carbocycles. The quantitative estimate of drug-likeness (QED) is 0.250. The van der Waals surface area contributed by atoms with E-state index in [1.54, 1.807) is 0 Å². The number of ether oxygens (including phenoxy) is 1. The Morgan fingerprint density at radius 2 is 1.74 bits per heavy atom. The van der Waals surface area contributed by atoms with Gasteiger partial charge in [-0.15, -0.1) is 0 Å². The molecule has 0 bridgehead atoms. The van der Waals surface area contributed by atoms with Gasteiger partial charge in [-0.3, -0.25) is 10.9 Å². The van der Waals surface area contributed by atoms with E-state index < -0.39 is 0 Å². The highest BCUT2D eigenvalue weighted by atomic mass is 32.1. The van der Waals surface area contributed by atoms with Crippen molar-refractivity contribution in [1.29, 1.82) is 0 Å². The minimum Gasteiger partial charge on any atom is -0.369 e. The number of thiocarbonyl (C=S) groups is 2. The van der Waals surface area contributed by atoms with Gasteiger partial charge in [0.2, 0.25) is 0 Å². The van der Waals surface area contributed by atoms with Crippen molar-refractivity contribution in [3.63, 3.8) is 0 Å². The fourth-order valence-electron chi connectivity index (χ4n) is 1.83. The van der Waals surface area contributed by atoms with Crippen LogP contribution in [0.4, 0.5) is 0 Å². The van der Waals surface area contributed by atoms with Crippen LogP contribution in [0.15, 0.2) is 10.2 Å². The van der Waals surface area contributed by atoms with Gasteiger partial charge >= 0.3 is 0 Å². The summed E-state index contributed by atoms with van der Waals surface area (Å²) in [5, 5.41) is 18.8. The summed E-state index contributed by atoms with van der Waals surface area (Å²) in [5.41, 5.74) is 6.95. The van der Waals surface area contributed by atoms with Crippen molar-refractivity contribution in [1.82, 2.24) is 26.8 Å². The first kappa shape index (κ1) is 19.7. The third-order valence-electron chi connectivity index (χ3n) is 2.88. The third-order valence-corrected chi connectivity index (χ3v) is 3.35. The molecule has 130 valence electrons. The molecule has 0 unspecified atom stereocenters. The van der Waals surface area contributed by atoms with E-state index in [9.17, 15) is 0 Å². The van der Waals surface area contributed by atoms with E-state index in [2.05, 4.69) is 37.0 Å². The third kappa shape index (κ3) is 7.64.